The number of fused-ring (bicyclic) bond motifs is 1. The third-order valence-corrected chi connectivity index (χ3v) is 3.10. The predicted octanol–water partition coefficient (Wildman–Crippen LogP) is 2.15. The Bertz CT molecular complexity index is 782. The summed E-state index contributed by atoms with van der Waals surface area (Å²) in [5.74, 6) is 0.114. The Morgan fingerprint density at radius 3 is 2.18 bits per heavy atom. The minimum absolute atomic E-state index is 0.0175. The summed E-state index contributed by atoms with van der Waals surface area (Å²) in [6.07, 6.45) is 0. The van der Waals surface area contributed by atoms with Gasteiger partial charge in [-0.25, -0.2) is 0 Å². The molecule has 0 aromatic heterocycles. The minimum Gasteiger partial charge on any atom is -0.493 e. The lowest BCUT2D eigenvalue weighted by atomic mass is 10.1. The summed E-state index contributed by atoms with van der Waals surface area (Å²) in [4.78, 5) is 24.0. The molecule has 0 bridgehead atoms. The zero-order chi connectivity index (χ0) is 16.3. The quantitative estimate of drug-likeness (QED) is 0.636. The maximum absolute atomic E-state index is 12.6. The number of carbonyl (C=O) groups is 1. The third-order valence-electron chi connectivity index (χ3n) is 3.10. The highest BCUT2D eigenvalue weighted by Gasteiger charge is 2.21. The van der Waals surface area contributed by atoms with Crippen LogP contribution in [-0.2, 0) is 4.79 Å². The molecule has 6 nitrogen and oxygen atoms in total. The van der Waals surface area contributed by atoms with Crippen molar-refractivity contribution in [1.29, 1.82) is 0 Å². The van der Waals surface area contributed by atoms with Crippen LogP contribution in [0.15, 0.2) is 29.1 Å². The van der Waals surface area contributed by atoms with Crippen LogP contribution in [0.4, 0.5) is 0 Å². The first-order valence-electron chi connectivity index (χ1n) is 6.47. The van der Waals surface area contributed by atoms with Gasteiger partial charge in [-0.05, 0) is 17.5 Å². The van der Waals surface area contributed by atoms with Gasteiger partial charge in [0.2, 0.25) is 11.2 Å². The van der Waals surface area contributed by atoms with Gasteiger partial charge >= 0.3 is 5.97 Å². The van der Waals surface area contributed by atoms with Crippen LogP contribution < -0.4 is 24.4 Å². The zero-order valence-corrected chi connectivity index (χ0v) is 12.8. The molecule has 0 saturated heterocycles. The maximum Gasteiger partial charge on any atom is 0.308 e. The van der Waals surface area contributed by atoms with E-state index < -0.39 is 11.4 Å². The summed E-state index contributed by atoms with van der Waals surface area (Å²) in [5, 5.41) is 0.733. The lowest BCUT2D eigenvalue weighted by Crippen LogP contribution is -2.09. The highest BCUT2D eigenvalue weighted by atomic mass is 16.6. The van der Waals surface area contributed by atoms with E-state index in [-0.39, 0.29) is 22.6 Å². The first-order valence-corrected chi connectivity index (χ1v) is 6.47. The Morgan fingerprint density at radius 1 is 0.955 bits per heavy atom. The van der Waals surface area contributed by atoms with Crippen LogP contribution >= 0.6 is 0 Å². The van der Waals surface area contributed by atoms with Crippen molar-refractivity contribution in [2.45, 2.75) is 6.92 Å². The number of methoxy groups -OCH3 is 3. The van der Waals surface area contributed by atoms with Gasteiger partial charge in [0.25, 0.3) is 0 Å². The highest BCUT2D eigenvalue weighted by Crippen LogP contribution is 2.42. The Labute approximate surface area is 127 Å². The van der Waals surface area contributed by atoms with Crippen molar-refractivity contribution >= 4 is 16.7 Å². The summed E-state index contributed by atoms with van der Waals surface area (Å²) in [5.41, 5.74) is -0.403. The van der Waals surface area contributed by atoms with E-state index in [4.69, 9.17) is 18.9 Å². The molecule has 0 fully saturated rings. The number of hydrogen-bond acceptors (Lipinski definition) is 6. The number of carbonyl (C=O) groups excluding carboxylic acids is 1. The number of ether oxygens (including phenoxy) is 4. The van der Waals surface area contributed by atoms with Gasteiger partial charge in [-0.1, -0.05) is 12.1 Å². The van der Waals surface area contributed by atoms with Crippen LogP contribution in [0, 0.1) is 0 Å². The Morgan fingerprint density at radius 2 is 1.64 bits per heavy atom. The van der Waals surface area contributed by atoms with Crippen molar-refractivity contribution in [3.63, 3.8) is 0 Å². The van der Waals surface area contributed by atoms with Crippen LogP contribution in [0.1, 0.15) is 6.92 Å². The predicted molar refractivity (Wildman–Crippen MR) is 81.2 cm³/mol. The summed E-state index contributed by atoms with van der Waals surface area (Å²) in [7, 11) is 4.26. The van der Waals surface area contributed by atoms with E-state index in [1.807, 2.05) is 0 Å². The topological polar surface area (TPSA) is 71.1 Å². The van der Waals surface area contributed by atoms with Crippen molar-refractivity contribution < 1.29 is 23.7 Å². The molecule has 6 heteroatoms. The van der Waals surface area contributed by atoms with Gasteiger partial charge in [0.15, 0.2) is 17.2 Å². The fourth-order valence-corrected chi connectivity index (χ4v) is 2.19. The summed E-state index contributed by atoms with van der Waals surface area (Å²) >= 11 is 0. The van der Waals surface area contributed by atoms with Crippen LogP contribution in [0.3, 0.4) is 0 Å². The van der Waals surface area contributed by atoms with Gasteiger partial charge in [-0.3, -0.25) is 9.59 Å². The fraction of sp³-hybridized carbons (Fsp3) is 0.250. The molecule has 0 N–H and O–H groups in total. The molecule has 2 rings (SSSR count). The standard InChI is InChI=1S/C16H16O6/c1-9(17)22-16-13-10(8-12(20-3)15(16)21-4)6-5-7-11(19-2)14(13)18/h5-8H,1-4H3. The van der Waals surface area contributed by atoms with Crippen molar-refractivity contribution in [2.75, 3.05) is 21.3 Å². The van der Waals surface area contributed by atoms with Crippen molar-refractivity contribution in [1.82, 2.24) is 0 Å². The third kappa shape index (κ3) is 2.67. The molecular formula is C16H16O6. The van der Waals surface area contributed by atoms with Crippen molar-refractivity contribution in [3.8, 4) is 23.0 Å². The number of esters is 1. The van der Waals surface area contributed by atoms with Gasteiger partial charge in [0, 0.05) is 6.92 Å². The second kappa shape index (κ2) is 6.34. The van der Waals surface area contributed by atoms with Crippen LogP contribution in [0.2, 0.25) is 0 Å². The summed E-state index contributed by atoms with van der Waals surface area (Å²) in [6.45, 7) is 1.25. The van der Waals surface area contributed by atoms with Crippen molar-refractivity contribution in [2.24, 2.45) is 0 Å². The molecular weight excluding hydrogens is 288 g/mol. The molecule has 116 valence electrons. The largest absolute Gasteiger partial charge is 0.493 e. The maximum atomic E-state index is 12.6. The Hall–Kier alpha value is -2.76. The molecule has 2 aromatic carbocycles. The van der Waals surface area contributed by atoms with Crippen LogP contribution in [0.5, 0.6) is 23.0 Å². The van der Waals surface area contributed by atoms with E-state index in [9.17, 15) is 9.59 Å². The van der Waals surface area contributed by atoms with E-state index in [2.05, 4.69) is 0 Å². The highest BCUT2D eigenvalue weighted by molar-refractivity contribution is 5.95. The molecule has 0 aliphatic carbocycles. The minimum atomic E-state index is -0.572. The van der Waals surface area contributed by atoms with Gasteiger partial charge in [-0.15, -0.1) is 0 Å². The van der Waals surface area contributed by atoms with E-state index in [0.717, 1.165) is 0 Å². The number of benzene rings is 1. The zero-order valence-electron chi connectivity index (χ0n) is 12.8. The lowest BCUT2D eigenvalue weighted by molar-refractivity contribution is -0.131. The molecule has 0 atom stereocenters. The average molecular weight is 304 g/mol. The first kappa shape index (κ1) is 15.6. The van der Waals surface area contributed by atoms with E-state index in [1.165, 1.54) is 28.3 Å². The van der Waals surface area contributed by atoms with Gasteiger partial charge < -0.3 is 18.9 Å². The van der Waals surface area contributed by atoms with E-state index >= 15 is 0 Å². The van der Waals surface area contributed by atoms with Crippen LogP contribution in [0.25, 0.3) is 10.8 Å². The van der Waals surface area contributed by atoms with Crippen molar-refractivity contribution in [3.05, 3.63) is 34.5 Å². The lowest BCUT2D eigenvalue weighted by Gasteiger charge is -2.13. The van der Waals surface area contributed by atoms with Gasteiger partial charge in [-0.2, -0.15) is 0 Å². The number of hydrogen-bond donors (Lipinski definition) is 0. The Balaban J connectivity index is 3.02. The van der Waals surface area contributed by atoms with E-state index in [1.54, 1.807) is 24.3 Å². The molecule has 0 radical (unpaired) electrons. The molecule has 2 aromatic rings. The smallest absolute Gasteiger partial charge is 0.308 e. The Kier molecular flexibility index (Phi) is 4.50. The molecule has 0 amide bonds. The molecule has 0 saturated carbocycles. The number of rotatable bonds is 4. The molecule has 0 heterocycles. The fourth-order valence-electron chi connectivity index (χ4n) is 2.19. The average Bonchev–Trinajstić information content (AvgIpc) is 2.65. The van der Waals surface area contributed by atoms with E-state index in [0.29, 0.717) is 11.1 Å². The monoisotopic (exact) mass is 304 g/mol. The molecule has 22 heavy (non-hydrogen) atoms. The SMILES string of the molecule is COc1cc2cccc(OC)c(=O)c2c(OC(C)=O)c1OC. The van der Waals surface area contributed by atoms with Gasteiger partial charge in [0.1, 0.15) is 0 Å². The first-order chi connectivity index (χ1) is 10.5. The van der Waals surface area contributed by atoms with Crippen LogP contribution in [-0.4, -0.2) is 27.3 Å². The summed E-state index contributed by atoms with van der Waals surface area (Å²) < 4.78 is 20.8. The molecule has 0 aliphatic rings. The molecule has 0 aliphatic heterocycles. The second-order valence-corrected chi connectivity index (χ2v) is 4.42. The van der Waals surface area contributed by atoms with Gasteiger partial charge in [0.05, 0.1) is 26.7 Å². The summed E-state index contributed by atoms with van der Waals surface area (Å²) in [6, 6.07) is 6.56. The molecule has 0 spiro atoms. The molecule has 0 unspecified atom stereocenters. The normalized spacial score (nSPS) is 10.2. The second-order valence-electron chi connectivity index (χ2n) is 4.42.